The number of aromatic nitrogens is 2. The predicted molar refractivity (Wildman–Crippen MR) is 62.9 cm³/mol. The Balaban J connectivity index is 2.30. The summed E-state index contributed by atoms with van der Waals surface area (Å²) in [5, 5.41) is 8.93. The highest BCUT2D eigenvalue weighted by Gasteiger charge is 2.08. The van der Waals surface area contributed by atoms with Gasteiger partial charge >= 0.3 is 0 Å². The molecule has 0 saturated carbocycles. The summed E-state index contributed by atoms with van der Waals surface area (Å²) in [4.78, 5) is 7.06. The van der Waals surface area contributed by atoms with Crippen molar-refractivity contribution in [1.29, 1.82) is 5.26 Å². The van der Waals surface area contributed by atoms with Gasteiger partial charge < -0.3 is 4.98 Å². The molecule has 0 amide bonds. The molecule has 0 unspecified atom stereocenters. The summed E-state index contributed by atoms with van der Waals surface area (Å²) in [5.74, 6) is 0.311. The molecule has 0 fully saturated rings. The van der Waals surface area contributed by atoms with Crippen LogP contribution in [0.5, 0.6) is 0 Å². The largest absolute Gasteiger partial charge is 0.342 e. The van der Waals surface area contributed by atoms with Gasteiger partial charge in [-0.2, -0.15) is 5.26 Å². The fourth-order valence-electron chi connectivity index (χ4n) is 1.50. The lowest BCUT2D eigenvalue weighted by Crippen LogP contribution is -1.88. The highest BCUT2D eigenvalue weighted by Crippen LogP contribution is 2.24. The van der Waals surface area contributed by atoms with Crippen molar-refractivity contribution in [3.8, 4) is 17.3 Å². The maximum absolute atomic E-state index is 13.6. The van der Waals surface area contributed by atoms with Gasteiger partial charge in [-0.05, 0) is 18.2 Å². The quantitative estimate of drug-likeness (QED) is 0.907. The van der Waals surface area contributed by atoms with Gasteiger partial charge in [-0.25, -0.2) is 9.37 Å². The van der Waals surface area contributed by atoms with Gasteiger partial charge in [0.05, 0.1) is 18.0 Å². The van der Waals surface area contributed by atoms with Gasteiger partial charge in [-0.15, -0.1) is 0 Å². The van der Waals surface area contributed by atoms with Crippen molar-refractivity contribution in [3.63, 3.8) is 0 Å². The number of benzene rings is 1. The molecule has 1 N–H and O–H groups in total. The Hall–Kier alpha value is -1.86. The highest BCUT2D eigenvalue weighted by molar-refractivity contribution is 6.30. The van der Waals surface area contributed by atoms with E-state index in [4.69, 9.17) is 16.9 Å². The molecule has 1 heterocycles. The Bertz CT molecular complexity index is 571. The Morgan fingerprint density at radius 2 is 2.29 bits per heavy atom. The summed E-state index contributed by atoms with van der Waals surface area (Å²) in [5.41, 5.74) is 0.950. The number of aromatic amines is 1. The summed E-state index contributed by atoms with van der Waals surface area (Å²) in [6.45, 7) is 0. The van der Waals surface area contributed by atoms with Crippen molar-refractivity contribution >= 4 is 11.6 Å². The molecule has 0 bridgehead atoms. The number of imidazole rings is 1. The van der Waals surface area contributed by atoms with Crippen molar-refractivity contribution in [3.05, 3.63) is 41.1 Å². The second kappa shape index (κ2) is 4.98. The van der Waals surface area contributed by atoms with Crippen LogP contribution in [0.3, 0.4) is 0 Å². The lowest BCUT2D eigenvalue weighted by atomic mass is 10.1. The van der Waals surface area contributed by atoms with Gasteiger partial charge in [0.2, 0.25) is 0 Å². The first-order valence-corrected chi connectivity index (χ1v) is 5.45. The van der Waals surface area contributed by atoms with Crippen LogP contribution in [-0.2, 0) is 6.42 Å². The number of H-pyrrole nitrogens is 1. The van der Waals surface area contributed by atoms with Crippen molar-refractivity contribution in [2.24, 2.45) is 0 Å². The van der Waals surface area contributed by atoms with Gasteiger partial charge in [0.15, 0.2) is 0 Å². The molecule has 0 aliphatic carbocycles. The Kier molecular flexibility index (Phi) is 3.40. The number of hydrogen-bond donors (Lipinski definition) is 1. The predicted octanol–water partition coefficient (Wildman–Crippen LogP) is 3.33. The minimum Gasteiger partial charge on any atom is -0.342 e. The first kappa shape index (κ1) is 11.6. The zero-order chi connectivity index (χ0) is 12.3. The second-order valence-corrected chi connectivity index (χ2v) is 3.96. The average Bonchev–Trinajstić information content (AvgIpc) is 2.78. The van der Waals surface area contributed by atoms with Crippen molar-refractivity contribution < 1.29 is 4.39 Å². The van der Waals surface area contributed by atoms with E-state index >= 15 is 0 Å². The first-order valence-electron chi connectivity index (χ1n) is 5.07. The van der Waals surface area contributed by atoms with E-state index in [2.05, 4.69) is 9.97 Å². The normalized spacial score (nSPS) is 10.2. The topological polar surface area (TPSA) is 52.5 Å². The van der Waals surface area contributed by atoms with Crippen molar-refractivity contribution in [1.82, 2.24) is 9.97 Å². The number of aryl methyl sites for hydroxylation is 1. The maximum Gasteiger partial charge on any atom is 0.132 e. The number of nitriles is 1. The molecule has 17 heavy (non-hydrogen) atoms. The smallest absolute Gasteiger partial charge is 0.132 e. The lowest BCUT2D eigenvalue weighted by Gasteiger charge is -2.00. The molecule has 0 aliphatic heterocycles. The summed E-state index contributed by atoms with van der Waals surface area (Å²) in [6, 6.07) is 6.38. The van der Waals surface area contributed by atoms with Crippen LogP contribution in [0.15, 0.2) is 24.4 Å². The van der Waals surface area contributed by atoms with Gasteiger partial charge in [0.25, 0.3) is 0 Å². The molecule has 2 rings (SSSR count). The maximum atomic E-state index is 13.6. The third-order valence-corrected chi connectivity index (χ3v) is 2.56. The van der Waals surface area contributed by atoms with Crippen molar-refractivity contribution in [2.75, 3.05) is 0 Å². The Labute approximate surface area is 103 Å². The molecular weight excluding hydrogens is 241 g/mol. The molecule has 2 aromatic rings. The minimum absolute atomic E-state index is 0.357. The number of nitrogens with zero attached hydrogens (tertiary/aromatic N) is 2. The fourth-order valence-corrected chi connectivity index (χ4v) is 1.68. The molecular formula is C12H9ClFN3. The molecule has 0 aliphatic rings. The number of hydrogen-bond acceptors (Lipinski definition) is 2. The number of nitrogens with one attached hydrogen (secondary N) is 1. The zero-order valence-electron chi connectivity index (χ0n) is 8.87. The Morgan fingerprint density at radius 3 is 3.06 bits per heavy atom. The van der Waals surface area contributed by atoms with E-state index in [1.807, 2.05) is 6.07 Å². The molecule has 5 heteroatoms. The van der Waals surface area contributed by atoms with Gasteiger partial charge in [0.1, 0.15) is 11.6 Å². The molecule has 0 saturated heterocycles. The number of rotatable bonds is 3. The van der Waals surface area contributed by atoms with E-state index in [1.165, 1.54) is 12.1 Å². The van der Waals surface area contributed by atoms with Crippen LogP contribution < -0.4 is 0 Å². The van der Waals surface area contributed by atoms with Crippen LogP contribution in [-0.4, -0.2) is 9.97 Å². The monoisotopic (exact) mass is 249 g/mol. The summed E-state index contributed by atoms with van der Waals surface area (Å²) in [7, 11) is 0. The van der Waals surface area contributed by atoms with Crippen LogP contribution in [0.4, 0.5) is 4.39 Å². The average molecular weight is 250 g/mol. The molecule has 1 aromatic heterocycles. The van der Waals surface area contributed by atoms with E-state index in [-0.39, 0.29) is 5.82 Å². The molecule has 1 aromatic carbocycles. The van der Waals surface area contributed by atoms with E-state index in [1.54, 1.807) is 12.3 Å². The molecule has 0 atom stereocenters. The van der Waals surface area contributed by atoms with Crippen LogP contribution in [0.25, 0.3) is 11.3 Å². The summed E-state index contributed by atoms with van der Waals surface area (Å²) in [6.07, 6.45) is 2.45. The SMILES string of the molecule is N#CCCc1ncc(-c2cc(Cl)ccc2F)[nH]1. The fraction of sp³-hybridized carbons (Fsp3) is 0.167. The highest BCUT2D eigenvalue weighted by atomic mass is 35.5. The van der Waals surface area contributed by atoms with Gasteiger partial charge in [-0.1, -0.05) is 11.6 Å². The summed E-state index contributed by atoms with van der Waals surface area (Å²) >= 11 is 5.81. The van der Waals surface area contributed by atoms with E-state index in [0.29, 0.717) is 34.9 Å². The lowest BCUT2D eigenvalue weighted by molar-refractivity contribution is 0.631. The third kappa shape index (κ3) is 2.63. The molecule has 86 valence electrons. The van der Waals surface area contributed by atoms with E-state index in [0.717, 1.165) is 0 Å². The molecule has 3 nitrogen and oxygen atoms in total. The first-order chi connectivity index (χ1) is 8.20. The zero-order valence-corrected chi connectivity index (χ0v) is 9.63. The Morgan fingerprint density at radius 1 is 1.47 bits per heavy atom. The number of halogens is 2. The van der Waals surface area contributed by atoms with Gasteiger partial charge in [0, 0.05) is 23.4 Å². The van der Waals surface area contributed by atoms with Crippen LogP contribution in [0, 0.1) is 17.1 Å². The minimum atomic E-state index is -0.357. The van der Waals surface area contributed by atoms with Gasteiger partial charge in [-0.3, -0.25) is 0 Å². The third-order valence-electron chi connectivity index (χ3n) is 2.32. The summed E-state index contributed by atoms with van der Waals surface area (Å²) < 4.78 is 13.6. The van der Waals surface area contributed by atoms with Crippen LogP contribution >= 0.6 is 11.6 Å². The van der Waals surface area contributed by atoms with Crippen LogP contribution in [0.1, 0.15) is 12.2 Å². The second-order valence-electron chi connectivity index (χ2n) is 3.53. The van der Waals surface area contributed by atoms with E-state index < -0.39 is 0 Å². The van der Waals surface area contributed by atoms with E-state index in [9.17, 15) is 4.39 Å². The molecule has 0 spiro atoms. The molecule has 0 radical (unpaired) electrons. The van der Waals surface area contributed by atoms with Crippen LogP contribution in [0.2, 0.25) is 5.02 Å². The van der Waals surface area contributed by atoms with Crippen molar-refractivity contribution in [2.45, 2.75) is 12.8 Å². The standard InChI is InChI=1S/C12H9ClFN3/c13-8-3-4-10(14)9(6-8)11-7-16-12(17-11)2-1-5-15/h3-4,6-7H,1-2H2,(H,16,17).